The Morgan fingerprint density at radius 1 is 0.938 bits per heavy atom. The third-order valence-corrected chi connectivity index (χ3v) is 22.1. The van der Waals surface area contributed by atoms with Crippen molar-refractivity contribution in [3.8, 4) is 11.8 Å². The molecule has 0 radical (unpaired) electrons. The maximum atomic E-state index is 14.9. The molecule has 1 saturated heterocycles. The van der Waals surface area contributed by atoms with Crippen LogP contribution < -0.4 is 5.32 Å². The van der Waals surface area contributed by atoms with E-state index in [2.05, 4.69) is 30.1 Å². The van der Waals surface area contributed by atoms with E-state index in [1.807, 2.05) is 18.2 Å². The fourth-order valence-electron chi connectivity index (χ4n) is 19.8. The van der Waals surface area contributed by atoms with Crippen LogP contribution in [0.5, 0.6) is 0 Å². The molecule has 0 amide bonds. The monoisotopic (exact) mass is 878 g/mol. The van der Waals surface area contributed by atoms with Crippen LogP contribution in [0.15, 0.2) is 35.9 Å². The number of nitrogens with one attached hydrogen (secondary N) is 1. The summed E-state index contributed by atoms with van der Waals surface area (Å²) in [5.41, 5.74) is -5.68. The van der Waals surface area contributed by atoms with Crippen molar-refractivity contribution in [2.24, 2.45) is 75.4 Å². The molecular weight excluding hydrogens is 807 g/mol. The minimum absolute atomic E-state index is 0.169. The van der Waals surface area contributed by atoms with Gasteiger partial charge in [-0.15, -0.1) is 0 Å². The molecule has 10 nitrogen and oxygen atoms in total. The average Bonchev–Trinajstić information content (AvgIpc) is 4.08. The Labute approximate surface area is 378 Å². The molecule has 19 atom stereocenters. The quantitative estimate of drug-likeness (QED) is 0.0926. The Hall–Kier alpha value is -2.62. The highest BCUT2D eigenvalue weighted by atomic mass is 16.5. The van der Waals surface area contributed by atoms with E-state index < -0.39 is 57.6 Å². The molecule has 11 aliphatic rings. The fourth-order valence-corrected chi connectivity index (χ4v) is 19.8. The Morgan fingerprint density at radius 3 is 2.58 bits per heavy atom. The van der Waals surface area contributed by atoms with Gasteiger partial charge in [0.2, 0.25) is 0 Å². The van der Waals surface area contributed by atoms with Gasteiger partial charge in [-0.25, -0.2) is 4.79 Å². The normalized spacial score (nSPS) is 51.6. The number of fused-ring (bicyclic) bond motifs is 8. The van der Waals surface area contributed by atoms with Crippen molar-refractivity contribution in [3.63, 3.8) is 0 Å². The first-order chi connectivity index (χ1) is 30.9. The van der Waals surface area contributed by atoms with Crippen LogP contribution in [0.25, 0.3) is 0 Å². The number of ether oxygens (including phenoxy) is 2. The number of hydrogen-bond acceptors (Lipinski definition) is 10. The average molecular weight is 878 g/mol. The highest BCUT2D eigenvalue weighted by molar-refractivity contribution is 5.86. The van der Waals surface area contributed by atoms with Crippen molar-refractivity contribution in [3.05, 3.63) is 47.0 Å². The van der Waals surface area contributed by atoms with Gasteiger partial charge >= 0.3 is 5.97 Å². The minimum Gasteiger partial charge on any atom is -0.454 e. The molecule has 2 heterocycles. The van der Waals surface area contributed by atoms with E-state index in [-0.39, 0.29) is 60.3 Å². The van der Waals surface area contributed by atoms with Crippen molar-refractivity contribution in [1.29, 1.82) is 0 Å². The lowest BCUT2D eigenvalue weighted by Crippen LogP contribution is -2.86. The molecule has 0 aromatic heterocycles. The van der Waals surface area contributed by atoms with Gasteiger partial charge in [0.25, 0.3) is 0 Å². The molecule has 2 spiro atoms. The first-order valence-electron chi connectivity index (χ1n) is 25.7. The Balaban J connectivity index is 1.05. The van der Waals surface area contributed by atoms with Crippen molar-refractivity contribution in [1.82, 2.24) is 5.32 Å². The summed E-state index contributed by atoms with van der Waals surface area (Å²) in [6.07, 6.45) is 14.5. The summed E-state index contributed by atoms with van der Waals surface area (Å²) < 4.78 is 13.2. The van der Waals surface area contributed by atoms with Gasteiger partial charge in [-0.1, -0.05) is 69.1 Å². The standard InChI is InChI=1S/C54H71NO9/c1-31(32-9-2-3-10-32)34-15-16-40-48-49(19-8-14-37(49)18-22-63-48)28-51(29-56)43-17-21-50-20-7-6-12-33-11-4-5-13-35(33)25-42(55-30-57)38-23-36(45(50)39-26-44(58)64-46(38)39)27-52(50,60)54(43,62)47(59)41(24-34)53(40,51)61/h4-5,11,13,26,29,31-32,34,36-38,40-43,45-48,55,57,59-62H,2-3,7-10,14-25,27-28,30H2,1H3. The minimum atomic E-state index is -2.15. The molecular formula is C54H71NO9. The third-order valence-electron chi connectivity index (χ3n) is 22.1. The number of hydrogen-bond donors (Lipinski definition) is 6. The number of esters is 1. The van der Waals surface area contributed by atoms with Crippen molar-refractivity contribution in [2.45, 2.75) is 170 Å². The summed E-state index contributed by atoms with van der Waals surface area (Å²) >= 11 is 0. The number of aliphatic hydroxyl groups is 5. The zero-order valence-electron chi connectivity index (χ0n) is 37.8. The predicted octanol–water partition coefficient (Wildman–Crippen LogP) is 5.78. The van der Waals surface area contributed by atoms with Gasteiger partial charge in [0.1, 0.15) is 23.6 Å². The Morgan fingerprint density at radius 2 is 1.77 bits per heavy atom. The smallest absolute Gasteiger partial charge is 0.331 e. The molecule has 2 aliphatic heterocycles. The topological polar surface area (TPSA) is 166 Å². The molecule has 6 N–H and O–H groups in total. The highest BCUT2D eigenvalue weighted by Gasteiger charge is 2.87. The van der Waals surface area contributed by atoms with Crippen LogP contribution in [0.1, 0.15) is 134 Å². The van der Waals surface area contributed by atoms with Gasteiger partial charge in [0.15, 0.2) is 0 Å². The molecule has 19 unspecified atom stereocenters. The number of carbonyl (C=O) groups excluding carboxylic acids is 2. The van der Waals surface area contributed by atoms with E-state index >= 15 is 0 Å². The number of aliphatic hydroxyl groups excluding tert-OH is 2. The number of carbonyl (C=O) groups is 2. The molecule has 12 rings (SSSR count). The molecule has 9 fully saturated rings. The van der Waals surface area contributed by atoms with Crippen LogP contribution in [0.3, 0.4) is 0 Å². The molecule has 10 heteroatoms. The molecule has 8 saturated carbocycles. The second-order valence-corrected chi connectivity index (χ2v) is 23.6. The molecule has 1 aromatic carbocycles. The summed E-state index contributed by atoms with van der Waals surface area (Å²) in [4.78, 5) is 28.5. The highest BCUT2D eigenvalue weighted by Crippen LogP contribution is 2.80. The van der Waals surface area contributed by atoms with Crippen molar-refractivity contribution < 1.29 is 44.6 Å². The molecule has 346 valence electrons. The molecule has 9 aliphatic carbocycles. The van der Waals surface area contributed by atoms with Gasteiger partial charge in [0, 0.05) is 65.2 Å². The van der Waals surface area contributed by atoms with Crippen molar-refractivity contribution in [2.75, 3.05) is 13.3 Å². The summed E-state index contributed by atoms with van der Waals surface area (Å²) in [6.45, 7) is 2.74. The largest absolute Gasteiger partial charge is 0.454 e. The van der Waals surface area contributed by atoms with Crippen LogP contribution in [0, 0.1) is 87.3 Å². The van der Waals surface area contributed by atoms with Crippen molar-refractivity contribution >= 4 is 12.3 Å². The first kappa shape index (κ1) is 42.7. The number of rotatable bonds is 5. The van der Waals surface area contributed by atoms with Crippen LogP contribution >= 0.6 is 0 Å². The summed E-state index contributed by atoms with van der Waals surface area (Å²) in [7, 11) is 0. The lowest BCUT2D eigenvalue weighted by Gasteiger charge is -2.75. The van der Waals surface area contributed by atoms with Gasteiger partial charge < -0.3 is 39.8 Å². The number of aldehydes is 1. The van der Waals surface area contributed by atoms with Gasteiger partial charge in [-0.3, -0.25) is 5.32 Å². The van der Waals surface area contributed by atoms with Gasteiger partial charge in [0.05, 0.1) is 30.0 Å². The Bertz CT molecular complexity index is 2160. The summed E-state index contributed by atoms with van der Waals surface area (Å²) in [6, 6.07) is 7.78. The summed E-state index contributed by atoms with van der Waals surface area (Å²) in [5, 5.41) is 70.7. The van der Waals surface area contributed by atoms with E-state index in [0.717, 1.165) is 61.5 Å². The van der Waals surface area contributed by atoms with E-state index in [0.29, 0.717) is 75.7 Å². The van der Waals surface area contributed by atoms with Crippen LogP contribution in [-0.2, 0) is 25.5 Å². The molecule has 4 bridgehead atoms. The molecule has 64 heavy (non-hydrogen) atoms. The van der Waals surface area contributed by atoms with Crippen LogP contribution in [0.2, 0.25) is 0 Å². The maximum absolute atomic E-state index is 14.9. The van der Waals surface area contributed by atoms with Gasteiger partial charge in [-0.05, 0) is 136 Å². The third kappa shape index (κ3) is 5.30. The van der Waals surface area contributed by atoms with E-state index in [4.69, 9.17) is 9.47 Å². The second-order valence-electron chi connectivity index (χ2n) is 23.6. The zero-order chi connectivity index (χ0) is 44.0. The maximum Gasteiger partial charge on any atom is 0.331 e. The summed E-state index contributed by atoms with van der Waals surface area (Å²) in [5.74, 6) is 5.05. The van der Waals surface area contributed by atoms with E-state index in [9.17, 15) is 35.1 Å². The van der Waals surface area contributed by atoms with Gasteiger partial charge in [-0.2, -0.15) is 0 Å². The predicted molar refractivity (Wildman–Crippen MR) is 237 cm³/mol. The Kier molecular flexibility index (Phi) is 9.97. The van der Waals surface area contributed by atoms with Crippen LogP contribution in [0.4, 0.5) is 0 Å². The second kappa shape index (κ2) is 14.9. The fraction of sp³-hybridized carbons (Fsp3) is 0.778. The molecule has 1 aromatic rings. The first-order valence-corrected chi connectivity index (χ1v) is 25.7. The van der Waals surface area contributed by atoms with E-state index in [1.165, 1.54) is 25.7 Å². The lowest BCUT2D eigenvalue weighted by molar-refractivity contribution is -0.389. The number of benzene rings is 1. The SMILES string of the molecule is CC(C1CCCC1)C1CCC2C3OCCC4CCCC43CC3(C=O)C4CCC56CCC#Cc7ccccc7CC(NCO)C7CC(CC5(O)C4(O)C(O)C(C1)C23O)C6C1=CC(=O)OC17. The zero-order valence-corrected chi connectivity index (χ0v) is 37.8. The van der Waals surface area contributed by atoms with Crippen LogP contribution in [-0.4, -0.2) is 92.3 Å². The van der Waals surface area contributed by atoms with E-state index in [1.54, 1.807) is 6.08 Å². The lowest BCUT2D eigenvalue weighted by atomic mass is 9.32.